The molecule has 0 saturated carbocycles. The van der Waals surface area contributed by atoms with E-state index < -0.39 is 11.1 Å². The monoisotopic (exact) mass is 458 g/mol. The van der Waals surface area contributed by atoms with Gasteiger partial charge in [0.2, 0.25) is 24.1 Å². The SMILES string of the molecule is CC.CCC(C)C(=O)N(C=O)CCC(=O)NC(C)(C)CCOC(C)(C)CCC(=O)NNC. The van der Waals surface area contributed by atoms with E-state index in [0.29, 0.717) is 38.7 Å². The number of rotatable bonds is 15. The molecule has 4 amide bonds. The molecule has 0 aliphatic heterocycles. The molecule has 0 heterocycles. The second-order valence-corrected chi connectivity index (χ2v) is 8.78. The van der Waals surface area contributed by atoms with Crippen LogP contribution in [0.15, 0.2) is 0 Å². The van der Waals surface area contributed by atoms with Crippen molar-refractivity contribution in [2.24, 2.45) is 5.92 Å². The molecule has 1 atom stereocenters. The molecule has 0 saturated heterocycles. The van der Waals surface area contributed by atoms with E-state index >= 15 is 0 Å². The van der Waals surface area contributed by atoms with Gasteiger partial charge >= 0.3 is 0 Å². The maximum absolute atomic E-state index is 12.3. The van der Waals surface area contributed by atoms with E-state index in [9.17, 15) is 19.2 Å². The molecule has 3 N–H and O–H groups in total. The third kappa shape index (κ3) is 14.9. The first-order valence-electron chi connectivity index (χ1n) is 11.5. The van der Waals surface area contributed by atoms with Crippen LogP contribution in [0.25, 0.3) is 0 Å². The fourth-order valence-electron chi connectivity index (χ4n) is 2.67. The molecule has 0 spiro atoms. The number of hydrogen-bond acceptors (Lipinski definition) is 6. The van der Waals surface area contributed by atoms with Gasteiger partial charge in [-0.15, -0.1) is 0 Å². The van der Waals surface area contributed by atoms with Gasteiger partial charge in [-0.2, -0.15) is 0 Å². The first kappa shape index (κ1) is 32.2. The molecular formula is C23H46N4O5. The van der Waals surface area contributed by atoms with Crippen molar-refractivity contribution in [3.8, 4) is 0 Å². The molecule has 0 aliphatic rings. The average Bonchev–Trinajstić information content (AvgIpc) is 2.73. The molecule has 0 aromatic carbocycles. The van der Waals surface area contributed by atoms with Gasteiger partial charge < -0.3 is 10.1 Å². The Kier molecular flexibility index (Phi) is 16.7. The number of imide groups is 1. The quantitative estimate of drug-likeness (QED) is 0.256. The second-order valence-electron chi connectivity index (χ2n) is 8.78. The van der Waals surface area contributed by atoms with Crippen molar-refractivity contribution < 1.29 is 23.9 Å². The topological polar surface area (TPSA) is 117 Å². The summed E-state index contributed by atoms with van der Waals surface area (Å²) in [4.78, 5) is 48.1. The highest BCUT2D eigenvalue weighted by Crippen LogP contribution is 2.19. The van der Waals surface area contributed by atoms with Gasteiger partial charge in [-0.1, -0.05) is 27.7 Å². The Bertz CT molecular complexity index is 579. The van der Waals surface area contributed by atoms with Crippen molar-refractivity contribution >= 4 is 24.1 Å². The molecule has 9 nitrogen and oxygen atoms in total. The first-order valence-corrected chi connectivity index (χ1v) is 11.5. The fraction of sp³-hybridized carbons (Fsp3) is 0.826. The van der Waals surface area contributed by atoms with Gasteiger partial charge in [0, 0.05) is 44.5 Å². The molecule has 9 heteroatoms. The van der Waals surface area contributed by atoms with Crippen molar-refractivity contribution in [1.29, 1.82) is 0 Å². The molecule has 32 heavy (non-hydrogen) atoms. The number of ether oxygens (including phenoxy) is 1. The summed E-state index contributed by atoms with van der Waals surface area (Å²) >= 11 is 0. The Morgan fingerprint density at radius 3 is 2.12 bits per heavy atom. The highest BCUT2D eigenvalue weighted by Gasteiger charge is 2.25. The van der Waals surface area contributed by atoms with Crippen molar-refractivity contribution in [3.63, 3.8) is 0 Å². The number of carbonyl (C=O) groups excluding carboxylic acids is 4. The van der Waals surface area contributed by atoms with E-state index in [0.717, 1.165) is 4.90 Å². The summed E-state index contributed by atoms with van der Waals surface area (Å²) in [5.74, 6) is -0.845. The maximum Gasteiger partial charge on any atom is 0.234 e. The number of nitrogens with zero attached hydrogens (tertiary/aromatic N) is 1. The van der Waals surface area contributed by atoms with Gasteiger partial charge in [-0.05, 0) is 47.0 Å². The normalized spacial score (nSPS) is 12.2. The zero-order valence-corrected chi connectivity index (χ0v) is 21.6. The second kappa shape index (κ2) is 16.6. The lowest BCUT2D eigenvalue weighted by atomic mass is 9.99. The van der Waals surface area contributed by atoms with Gasteiger partial charge in [-0.3, -0.25) is 29.5 Å². The minimum atomic E-state index is -0.511. The summed E-state index contributed by atoms with van der Waals surface area (Å²) in [5, 5.41) is 2.93. The molecule has 0 aromatic heterocycles. The number of hydrogen-bond donors (Lipinski definition) is 3. The molecule has 0 radical (unpaired) electrons. The smallest absolute Gasteiger partial charge is 0.234 e. The summed E-state index contributed by atoms with van der Waals surface area (Å²) in [6.45, 7) is 15.7. The van der Waals surface area contributed by atoms with Crippen molar-refractivity contribution in [2.75, 3.05) is 20.2 Å². The van der Waals surface area contributed by atoms with E-state index in [1.165, 1.54) is 0 Å². The molecular weight excluding hydrogens is 412 g/mol. The van der Waals surface area contributed by atoms with E-state index in [4.69, 9.17) is 4.74 Å². The summed E-state index contributed by atoms with van der Waals surface area (Å²) in [6, 6.07) is 0. The van der Waals surface area contributed by atoms with Crippen LogP contribution < -0.4 is 16.2 Å². The Morgan fingerprint density at radius 2 is 1.62 bits per heavy atom. The van der Waals surface area contributed by atoms with Crippen molar-refractivity contribution in [2.45, 2.75) is 98.6 Å². The minimum absolute atomic E-state index is 0.0528. The van der Waals surface area contributed by atoms with Gasteiger partial charge in [-0.25, -0.2) is 5.43 Å². The zero-order valence-electron chi connectivity index (χ0n) is 21.6. The zero-order chi connectivity index (χ0) is 25.4. The van der Waals surface area contributed by atoms with Gasteiger partial charge in [0.25, 0.3) is 0 Å². The van der Waals surface area contributed by atoms with Crippen molar-refractivity contribution in [3.05, 3.63) is 0 Å². The number of amides is 4. The third-order valence-electron chi connectivity index (χ3n) is 4.94. The largest absolute Gasteiger partial charge is 0.375 e. The minimum Gasteiger partial charge on any atom is -0.375 e. The van der Waals surface area contributed by atoms with Crippen LogP contribution in [0.5, 0.6) is 0 Å². The van der Waals surface area contributed by atoms with Crippen LogP contribution in [0.1, 0.15) is 87.5 Å². The molecule has 0 aromatic rings. The lowest BCUT2D eigenvalue weighted by molar-refractivity contribution is -0.141. The average molecular weight is 459 g/mol. The Hall–Kier alpha value is -2.00. The highest BCUT2D eigenvalue weighted by molar-refractivity contribution is 5.88. The molecule has 0 fully saturated rings. The van der Waals surface area contributed by atoms with Crippen molar-refractivity contribution in [1.82, 2.24) is 21.1 Å². The number of carbonyl (C=O) groups is 4. The lowest BCUT2D eigenvalue weighted by Crippen LogP contribution is -2.46. The molecule has 1 unspecified atom stereocenters. The van der Waals surface area contributed by atoms with E-state index in [2.05, 4.69) is 16.2 Å². The van der Waals surface area contributed by atoms with Gasteiger partial charge in [0.15, 0.2) is 0 Å². The highest BCUT2D eigenvalue weighted by atomic mass is 16.5. The predicted molar refractivity (Wildman–Crippen MR) is 127 cm³/mol. The summed E-state index contributed by atoms with van der Waals surface area (Å²) in [5.41, 5.74) is 4.14. The van der Waals surface area contributed by atoms with Crippen LogP contribution >= 0.6 is 0 Å². The summed E-state index contributed by atoms with van der Waals surface area (Å²) in [7, 11) is 1.63. The van der Waals surface area contributed by atoms with E-state index in [1.807, 2.05) is 48.5 Å². The third-order valence-corrected chi connectivity index (χ3v) is 4.94. The molecule has 0 bridgehead atoms. The van der Waals surface area contributed by atoms with Crippen LogP contribution in [0.3, 0.4) is 0 Å². The molecule has 188 valence electrons. The van der Waals surface area contributed by atoms with Crippen LogP contribution in [0.4, 0.5) is 0 Å². The molecule has 0 rings (SSSR count). The van der Waals surface area contributed by atoms with Gasteiger partial charge in [0.1, 0.15) is 0 Å². The van der Waals surface area contributed by atoms with E-state index in [-0.39, 0.29) is 36.6 Å². The Labute approximate surface area is 194 Å². The summed E-state index contributed by atoms with van der Waals surface area (Å²) < 4.78 is 5.91. The standard InChI is InChI=1S/C21H40N4O5.C2H6/c1-8-16(2)19(29)25(15-26)13-10-17(27)23-20(3,4)12-14-30-21(5,6)11-9-18(28)24-22-7;1-2/h15-16,22H,8-14H2,1-7H3,(H,23,27)(H,24,28);1-2H3. The Morgan fingerprint density at radius 1 is 1.03 bits per heavy atom. The lowest BCUT2D eigenvalue weighted by Gasteiger charge is -2.30. The van der Waals surface area contributed by atoms with Crippen LogP contribution in [0, 0.1) is 5.92 Å². The van der Waals surface area contributed by atoms with Crippen LogP contribution in [0.2, 0.25) is 0 Å². The Balaban J connectivity index is 0. The fourth-order valence-corrected chi connectivity index (χ4v) is 2.67. The first-order chi connectivity index (χ1) is 14.9. The van der Waals surface area contributed by atoms with Crippen LogP contribution in [-0.4, -0.2) is 60.4 Å². The summed E-state index contributed by atoms with van der Waals surface area (Å²) in [6.07, 6.45) is 2.67. The van der Waals surface area contributed by atoms with Gasteiger partial charge in [0.05, 0.1) is 5.60 Å². The number of nitrogens with one attached hydrogen (secondary N) is 3. The number of hydrazine groups is 1. The van der Waals surface area contributed by atoms with Crippen LogP contribution in [-0.2, 0) is 23.9 Å². The predicted octanol–water partition coefficient (Wildman–Crippen LogP) is 2.54. The molecule has 0 aliphatic carbocycles. The maximum atomic E-state index is 12.3. The van der Waals surface area contributed by atoms with E-state index in [1.54, 1.807) is 14.0 Å².